The second-order valence-corrected chi connectivity index (χ2v) is 13.1. The second-order valence-electron chi connectivity index (χ2n) is 11.6. The van der Waals surface area contributed by atoms with E-state index in [0.717, 1.165) is 12.8 Å². The Bertz CT molecular complexity index is 601. The van der Waals surface area contributed by atoms with Crippen molar-refractivity contribution < 1.29 is 27.8 Å². The highest BCUT2D eigenvalue weighted by molar-refractivity contribution is 7.47. The molecule has 0 aliphatic heterocycles. The normalized spacial score (nSPS) is 13.4. The first-order valence-corrected chi connectivity index (χ1v) is 17.1. The maximum absolute atomic E-state index is 12.4. The minimum Gasteiger partial charge on any atom is -0.338 e. The number of carbonyl (C=O) groups excluding carboxylic acids is 1. The Hall–Kier alpha value is -0.660. The van der Waals surface area contributed by atoms with Crippen LogP contribution in [0, 0.1) is 0 Å². The average Bonchev–Trinajstić information content (AvgIpc) is 2.84. The fourth-order valence-corrected chi connectivity index (χ4v) is 5.08. The summed E-state index contributed by atoms with van der Waals surface area (Å²) >= 11 is 0. The van der Waals surface area contributed by atoms with Crippen LogP contribution in [0.3, 0.4) is 0 Å². The molecule has 1 unspecified atom stereocenters. The molecule has 2 amide bonds. The molecule has 0 aromatic carbocycles. The monoisotopic (exact) mass is 564 g/mol. The van der Waals surface area contributed by atoms with Gasteiger partial charge in [0.15, 0.2) is 0 Å². The topological polar surface area (TPSA) is 88.1 Å². The molecule has 0 rings (SSSR count). The van der Waals surface area contributed by atoms with E-state index in [9.17, 15) is 14.3 Å². The van der Waals surface area contributed by atoms with Crippen molar-refractivity contribution in [3.05, 3.63) is 0 Å². The Kier molecular flexibility index (Phi) is 23.7. The first kappa shape index (κ1) is 37.3. The average molecular weight is 565 g/mol. The number of carbonyl (C=O) groups is 1. The summed E-state index contributed by atoms with van der Waals surface area (Å²) in [6, 6.07) is -0.0835. The minimum atomic E-state index is -4.06. The summed E-state index contributed by atoms with van der Waals surface area (Å²) in [5, 5.41) is 2.86. The van der Waals surface area contributed by atoms with Crippen LogP contribution in [0.15, 0.2) is 0 Å². The maximum Gasteiger partial charge on any atom is 0.472 e. The summed E-state index contributed by atoms with van der Waals surface area (Å²) in [4.78, 5) is 24.0. The molecule has 0 fully saturated rings. The zero-order chi connectivity index (χ0) is 28.5. The summed E-state index contributed by atoms with van der Waals surface area (Å²) in [5.41, 5.74) is 0. The number of quaternary nitrogens is 1. The number of urea groups is 1. The van der Waals surface area contributed by atoms with Gasteiger partial charge in [0.2, 0.25) is 0 Å². The molecule has 9 heteroatoms. The fraction of sp³-hybridized carbons (Fsp3) is 0.966. The van der Waals surface area contributed by atoms with Crippen molar-refractivity contribution in [1.29, 1.82) is 0 Å². The lowest BCUT2D eigenvalue weighted by Gasteiger charge is -2.24. The molecule has 228 valence electrons. The van der Waals surface area contributed by atoms with Gasteiger partial charge in [-0.25, -0.2) is 9.36 Å². The quantitative estimate of drug-likeness (QED) is 0.0612. The zero-order valence-corrected chi connectivity index (χ0v) is 26.6. The first-order valence-electron chi connectivity index (χ1n) is 15.6. The smallest absolute Gasteiger partial charge is 0.338 e. The van der Waals surface area contributed by atoms with Crippen LogP contribution >= 0.6 is 7.82 Å². The van der Waals surface area contributed by atoms with Gasteiger partial charge in [-0.2, -0.15) is 0 Å². The van der Waals surface area contributed by atoms with Gasteiger partial charge in [0.25, 0.3) is 0 Å². The van der Waals surface area contributed by atoms with Gasteiger partial charge in [0.1, 0.15) is 13.2 Å². The molecule has 0 aliphatic rings. The van der Waals surface area contributed by atoms with Gasteiger partial charge >= 0.3 is 13.9 Å². The Balaban J connectivity index is 3.86. The van der Waals surface area contributed by atoms with Crippen molar-refractivity contribution >= 4 is 13.9 Å². The number of hydrogen-bond acceptors (Lipinski definition) is 4. The molecule has 0 saturated carbocycles. The molecule has 0 heterocycles. The Morgan fingerprint density at radius 3 is 1.58 bits per heavy atom. The Morgan fingerprint density at radius 1 is 0.711 bits per heavy atom. The number of nitrogens with zero attached hydrogens (tertiary/aromatic N) is 2. The van der Waals surface area contributed by atoms with Gasteiger partial charge in [-0.1, -0.05) is 103 Å². The largest absolute Gasteiger partial charge is 0.472 e. The summed E-state index contributed by atoms with van der Waals surface area (Å²) in [6.07, 6.45) is 21.7. The third-order valence-electron chi connectivity index (χ3n) is 6.74. The van der Waals surface area contributed by atoms with Crippen LogP contribution in [0.5, 0.6) is 0 Å². The SMILES string of the molecule is CCCCCCCCCCCCCCCCCCN(CCCOP(=O)(O)OCC[N+](C)(C)C)C(=O)NCC. The van der Waals surface area contributed by atoms with Crippen molar-refractivity contribution in [3.63, 3.8) is 0 Å². The number of likely N-dealkylation sites (N-methyl/N-ethyl adjacent to an activating group) is 1. The van der Waals surface area contributed by atoms with E-state index >= 15 is 0 Å². The highest BCUT2D eigenvalue weighted by Gasteiger charge is 2.22. The predicted molar refractivity (Wildman–Crippen MR) is 159 cm³/mol. The molecule has 8 nitrogen and oxygen atoms in total. The standard InChI is InChI=1S/C29H62N3O5P/c1-6-8-9-10-11-12-13-14-15-16-17-18-19-20-21-22-24-31(29(33)30-7-2)25-23-27-36-38(34,35)37-28-26-32(3,4)5/h6-28H2,1-5H3,(H-,30,33,34,35)/p+1. The third-order valence-corrected chi connectivity index (χ3v) is 7.76. The van der Waals surface area contributed by atoms with E-state index in [1.165, 1.54) is 89.9 Å². The highest BCUT2D eigenvalue weighted by Crippen LogP contribution is 2.43. The molecule has 0 bridgehead atoms. The molecule has 2 N–H and O–H groups in total. The van der Waals surface area contributed by atoms with Crippen LogP contribution in [0.1, 0.15) is 123 Å². The van der Waals surface area contributed by atoms with E-state index in [4.69, 9.17) is 9.05 Å². The van der Waals surface area contributed by atoms with Crippen LogP contribution in [-0.2, 0) is 13.6 Å². The number of amides is 2. The first-order chi connectivity index (χ1) is 18.1. The van der Waals surface area contributed by atoms with Crippen molar-refractivity contribution in [2.45, 2.75) is 123 Å². The number of rotatable bonds is 27. The van der Waals surface area contributed by atoms with Gasteiger partial charge in [-0.05, 0) is 19.8 Å². The fourth-order valence-electron chi connectivity index (χ4n) is 4.33. The molecule has 38 heavy (non-hydrogen) atoms. The summed E-state index contributed by atoms with van der Waals surface area (Å²) in [5.74, 6) is 0. The van der Waals surface area contributed by atoms with E-state index in [0.29, 0.717) is 37.1 Å². The van der Waals surface area contributed by atoms with Gasteiger partial charge < -0.3 is 19.6 Å². The molecule has 0 radical (unpaired) electrons. The van der Waals surface area contributed by atoms with Crippen molar-refractivity contribution in [1.82, 2.24) is 10.2 Å². The Labute approximate surface area is 235 Å². The van der Waals surface area contributed by atoms with Gasteiger partial charge in [0.05, 0.1) is 27.7 Å². The lowest BCUT2D eigenvalue weighted by atomic mass is 10.0. The minimum absolute atomic E-state index is 0.0764. The van der Waals surface area contributed by atoms with E-state index in [2.05, 4.69) is 12.2 Å². The number of unbranched alkanes of at least 4 members (excludes halogenated alkanes) is 15. The summed E-state index contributed by atoms with van der Waals surface area (Å²) in [7, 11) is 1.90. The maximum atomic E-state index is 12.4. The lowest BCUT2D eigenvalue weighted by molar-refractivity contribution is -0.870. The molecule has 0 aromatic heterocycles. The van der Waals surface area contributed by atoms with Crippen molar-refractivity contribution in [2.24, 2.45) is 0 Å². The molecular weight excluding hydrogens is 501 g/mol. The number of hydrogen-bond donors (Lipinski definition) is 2. The second kappa shape index (κ2) is 24.2. The van der Waals surface area contributed by atoms with Gasteiger partial charge in [0, 0.05) is 19.6 Å². The van der Waals surface area contributed by atoms with E-state index in [-0.39, 0.29) is 19.2 Å². The van der Waals surface area contributed by atoms with E-state index < -0.39 is 7.82 Å². The Morgan fingerprint density at radius 2 is 1.13 bits per heavy atom. The molecular formula is C29H63N3O5P+. The number of phosphoric ester groups is 1. The lowest BCUT2D eigenvalue weighted by Crippen LogP contribution is -2.41. The van der Waals surface area contributed by atoms with Crippen molar-refractivity contribution in [2.75, 3.05) is 60.5 Å². The molecule has 0 saturated heterocycles. The van der Waals surface area contributed by atoms with Crippen LogP contribution in [0.2, 0.25) is 0 Å². The summed E-state index contributed by atoms with van der Waals surface area (Å²) in [6.45, 7) is 6.78. The predicted octanol–water partition coefficient (Wildman–Crippen LogP) is 7.51. The highest BCUT2D eigenvalue weighted by atomic mass is 31.2. The van der Waals surface area contributed by atoms with Gasteiger partial charge in [-0.3, -0.25) is 9.05 Å². The molecule has 0 aliphatic carbocycles. The van der Waals surface area contributed by atoms with E-state index in [1.54, 1.807) is 4.90 Å². The zero-order valence-electron chi connectivity index (χ0n) is 25.7. The van der Waals surface area contributed by atoms with Crippen LogP contribution < -0.4 is 5.32 Å². The third kappa shape index (κ3) is 25.6. The van der Waals surface area contributed by atoms with Crippen LogP contribution in [-0.4, -0.2) is 80.8 Å². The van der Waals surface area contributed by atoms with Gasteiger partial charge in [-0.15, -0.1) is 0 Å². The van der Waals surface area contributed by atoms with E-state index in [1.807, 2.05) is 28.1 Å². The molecule has 1 atom stereocenters. The molecule has 0 aromatic rings. The molecule has 0 spiro atoms. The number of nitrogens with one attached hydrogen (secondary N) is 1. The number of phosphoric acid groups is 1. The van der Waals surface area contributed by atoms with Crippen molar-refractivity contribution in [3.8, 4) is 0 Å². The van der Waals surface area contributed by atoms with Crippen LogP contribution in [0.25, 0.3) is 0 Å². The summed E-state index contributed by atoms with van der Waals surface area (Å²) < 4.78 is 22.8. The van der Waals surface area contributed by atoms with Crippen LogP contribution in [0.4, 0.5) is 4.79 Å².